The summed E-state index contributed by atoms with van der Waals surface area (Å²) in [5, 5.41) is 4.58. The highest BCUT2D eigenvalue weighted by Crippen LogP contribution is 2.22. The largest absolute Gasteiger partial charge is 0.367 e. The number of rotatable bonds is 2. The van der Waals surface area contributed by atoms with Gasteiger partial charge in [0.15, 0.2) is 5.65 Å². The summed E-state index contributed by atoms with van der Waals surface area (Å²) in [7, 11) is 0. The van der Waals surface area contributed by atoms with Gasteiger partial charge in [-0.3, -0.25) is 0 Å². The number of hydrogen-bond donors (Lipinski definition) is 1. The molecule has 3 heteroatoms. The Morgan fingerprint density at radius 3 is 2.88 bits per heavy atom. The van der Waals surface area contributed by atoms with Crippen LogP contribution in [0.25, 0.3) is 11.0 Å². The minimum atomic E-state index is 0.605. The van der Waals surface area contributed by atoms with E-state index < -0.39 is 0 Å². The first-order valence-corrected chi connectivity index (χ1v) is 5.90. The van der Waals surface area contributed by atoms with Crippen molar-refractivity contribution in [2.75, 3.05) is 5.32 Å². The molecule has 0 amide bonds. The summed E-state index contributed by atoms with van der Waals surface area (Å²) in [5.41, 5.74) is 0.825. The normalized spacial score (nSPS) is 16.8. The number of fused-ring (bicyclic) bond motifs is 1. The Balaban J connectivity index is 1.86. The Morgan fingerprint density at radius 2 is 2.00 bits per heavy atom. The van der Waals surface area contributed by atoms with E-state index in [1.807, 2.05) is 18.2 Å². The maximum Gasteiger partial charge on any atom is 0.161 e. The molecule has 2 heterocycles. The van der Waals surface area contributed by atoms with Crippen molar-refractivity contribution in [2.45, 2.75) is 31.7 Å². The van der Waals surface area contributed by atoms with Crippen LogP contribution in [0.5, 0.6) is 0 Å². The molecule has 0 spiro atoms. The van der Waals surface area contributed by atoms with Crippen molar-refractivity contribution in [2.24, 2.45) is 0 Å². The second-order valence-corrected chi connectivity index (χ2v) is 4.37. The highest BCUT2D eigenvalue weighted by molar-refractivity contribution is 5.76. The molecule has 3 rings (SSSR count). The van der Waals surface area contributed by atoms with Crippen molar-refractivity contribution in [3.8, 4) is 0 Å². The summed E-state index contributed by atoms with van der Waals surface area (Å²) in [6, 6.07) is 8.70. The molecule has 82 valence electrons. The Kier molecular flexibility index (Phi) is 2.44. The monoisotopic (exact) mass is 213 g/mol. The number of pyridine rings is 2. The third kappa shape index (κ3) is 1.85. The fourth-order valence-corrected chi connectivity index (χ4v) is 2.31. The highest BCUT2D eigenvalue weighted by Gasteiger charge is 2.14. The fraction of sp³-hybridized carbons (Fsp3) is 0.385. The van der Waals surface area contributed by atoms with E-state index in [0.717, 1.165) is 16.9 Å². The number of nitrogens with zero attached hydrogens (tertiary/aromatic N) is 2. The van der Waals surface area contributed by atoms with E-state index in [1.165, 1.54) is 25.7 Å². The molecule has 0 aliphatic heterocycles. The fourth-order valence-electron chi connectivity index (χ4n) is 2.31. The van der Waals surface area contributed by atoms with E-state index in [0.29, 0.717) is 6.04 Å². The Bertz CT molecular complexity index is 489. The first-order chi connectivity index (χ1) is 7.92. The summed E-state index contributed by atoms with van der Waals surface area (Å²) in [6.45, 7) is 0. The van der Waals surface area contributed by atoms with Gasteiger partial charge in [0.1, 0.15) is 5.82 Å². The lowest BCUT2D eigenvalue weighted by Gasteiger charge is -2.12. The van der Waals surface area contributed by atoms with Crippen LogP contribution < -0.4 is 5.32 Å². The van der Waals surface area contributed by atoms with Crippen LogP contribution in [-0.2, 0) is 0 Å². The van der Waals surface area contributed by atoms with Gasteiger partial charge in [-0.05, 0) is 37.1 Å². The summed E-state index contributed by atoms with van der Waals surface area (Å²) >= 11 is 0. The van der Waals surface area contributed by atoms with Crippen molar-refractivity contribution < 1.29 is 0 Å². The first-order valence-electron chi connectivity index (χ1n) is 5.90. The maximum atomic E-state index is 4.52. The van der Waals surface area contributed by atoms with Gasteiger partial charge in [-0.25, -0.2) is 9.97 Å². The molecule has 0 bridgehead atoms. The van der Waals surface area contributed by atoms with Gasteiger partial charge in [0.05, 0.1) is 0 Å². The van der Waals surface area contributed by atoms with Gasteiger partial charge >= 0.3 is 0 Å². The second kappa shape index (κ2) is 4.08. The van der Waals surface area contributed by atoms with Crippen LogP contribution >= 0.6 is 0 Å². The Morgan fingerprint density at radius 1 is 1.12 bits per heavy atom. The van der Waals surface area contributed by atoms with Crippen LogP contribution in [0.3, 0.4) is 0 Å². The lowest BCUT2D eigenvalue weighted by Crippen LogP contribution is -2.15. The molecule has 0 saturated heterocycles. The topological polar surface area (TPSA) is 37.8 Å². The Hall–Kier alpha value is -1.64. The molecule has 16 heavy (non-hydrogen) atoms. The van der Waals surface area contributed by atoms with Gasteiger partial charge in [-0.1, -0.05) is 12.8 Å². The van der Waals surface area contributed by atoms with Gasteiger partial charge in [0.25, 0.3) is 0 Å². The SMILES string of the molecule is c1cnc2nc(NC3CCCC3)ccc2c1. The van der Waals surface area contributed by atoms with E-state index in [4.69, 9.17) is 0 Å². The zero-order chi connectivity index (χ0) is 10.8. The molecule has 0 aromatic carbocycles. The Labute approximate surface area is 94.9 Å². The van der Waals surface area contributed by atoms with E-state index >= 15 is 0 Å². The van der Waals surface area contributed by atoms with Crippen LogP contribution in [0.2, 0.25) is 0 Å². The average Bonchev–Trinajstić information content (AvgIpc) is 2.82. The van der Waals surface area contributed by atoms with Crippen molar-refractivity contribution in [1.82, 2.24) is 9.97 Å². The highest BCUT2D eigenvalue weighted by atomic mass is 15.0. The molecule has 0 radical (unpaired) electrons. The van der Waals surface area contributed by atoms with Crippen LogP contribution in [0, 0.1) is 0 Å². The molecule has 3 nitrogen and oxygen atoms in total. The number of anilines is 1. The first kappa shape index (κ1) is 9.58. The molecule has 1 saturated carbocycles. The molecule has 1 N–H and O–H groups in total. The number of nitrogens with one attached hydrogen (secondary N) is 1. The molecular formula is C13H15N3. The summed E-state index contributed by atoms with van der Waals surface area (Å²) < 4.78 is 0. The van der Waals surface area contributed by atoms with Crippen molar-refractivity contribution >= 4 is 16.9 Å². The summed E-state index contributed by atoms with van der Waals surface area (Å²) in [5.74, 6) is 0.957. The minimum Gasteiger partial charge on any atom is -0.367 e. The molecule has 2 aromatic rings. The number of aromatic nitrogens is 2. The lowest BCUT2D eigenvalue weighted by atomic mass is 10.2. The molecule has 2 aromatic heterocycles. The van der Waals surface area contributed by atoms with E-state index in [-0.39, 0.29) is 0 Å². The van der Waals surface area contributed by atoms with E-state index in [2.05, 4.69) is 21.4 Å². The smallest absolute Gasteiger partial charge is 0.161 e. The number of hydrogen-bond acceptors (Lipinski definition) is 3. The lowest BCUT2D eigenvalue weighted by molar-refractivity contribution is 0.751. The predicted molar refractivity (Wildman–Crippen MR) is 65.4 cm³/mol. The van der Waals surface area contributed by atoms with Crippen LogP contribution in [-0.4, -0.2) is 16.0 Å². The van der Waals surface area contributed by atoms with Gasteiger partial charge in [0.2, 0.25) is 0 Å². The molecule has 1 aliphatic carbocycles. The van der Waals surface area contributed by atoms with Gasteiger partial charge in [-0.15, -0.1) is 0 Å². The molecular weight excluding hydrogens is 198 g/mol. The van der Waals surface area contributed by atoms with Crippen molar-refractivity contribution in [1.29, 1.82) is 0 Å². The summed E-state index contributed by atoms with van der Waals surface area (Å²) in [4.78, 5) is 8.78. The average molecular weight is 213 g/mol. The van der Waals surface area contributed by atoms with Crippen molar-refractivity contribution in [3.05, 3.63) is 30.5 Å². The minimum absolute atomic E-state index is 0.605. The van der Waals surface area contributed by atoms with Gasteiger partial charge in [-0.2, -0.15) is 0 Å². The van der Waals surface area contributed by atoms with Crippen molar-refractivity contribution in [3.63, 3.8) is 0 Å². The molecule has 1 aliphatic rings. The quantitative estimate of drug-likeness (QED) is 0.833. The van der Waals surface area contributed by atoms with E-state index in [1.54, 1.807) is 6.20 Å². The second-order valence-electron chi connectivity index (χ2n) is 4.37. The van der Waals surface area contributed by atoms with Gasteiger partial charge < -0.3 is 5.32 Å². The van der Waals surface area contributed by atoms with Crippen LogP contribution in [0.4, 0.5) is 5.82 Å². The van der Waals surface area contributed by atoms with Gasteiger partial charge in [0, 0.05) is 17.6 Å². The predicted octanol–water partition coefficient (Wildman–Crippen LogP) is 2.98. The summed E-state index contributed by atoms with van der Waals surface area (Å²) in [6.07, 6.45) is 6.99. The van der Waals surface area contributed by atoms with E-state index in [9.17, 15) is 0 Å². The third-order valence-electron chi connectivity index (χ3n) is 3.17. The zero-order valence-corrected chi connectivity index (χ0v) is 9.19. The van der Waals surface area contributed by atoms with Crippen LogP contribution in [0.1, 0.15) is 25.7 Å². The zero-order valence-electron chi connectivity index (χ0n) is 9.19. The molecule has 0 unspecified atom stereocenters. The molecule has 1 fully saturated rings. The van der Waals surface area contributed by atoms with Crippen LogP contribution in [0.15, 0.2) is 30.5 Å². The third-order valence-corrected chi connectivity index (χ3v) is 3.17. The standard InChI is InChI=1S/C13H15N3/c1-2-6-11(5-1)15-12-8-7-10-4-3-9-14-13(10)16-12/h3-4,7-9,11H,1-2,5-6H2,(H,14,15,16). The maximum absolute atomic E-state index is 4.52. The molecule has 0 atom stereocenters.